The van der Waals surface area contributed by atoms with Crippen molar-refractivity contribution in [2.45, 2.75) is 6.92 Å². The van der Waals surface area contributed by atoms with Crippen LogP contribution in [0.1, 0.15) is 5.56 Å². The SMILES string of the molecule is Cc1cncc(-c2nnc(Br)o2)c1. The Morgan fingerprint density at radius 3 is 2.77 bits per heavy atom. The molecule has 0 radical (unpaired) electrons. The second-order valence-corrected chi connectivity index (χ2v) is 3.29. The van der Waals surface area contributed by atoms with Crippen LogP contribution in [0.3, 0.4) is 0 Å². The van der Waals surface area contributed by atoms with E-state index in [1.807, 2.05) is 13.0 Å². The standard InChI is InChI=1S/C8H6BrN3O/c1-5-2-6(4-10-3-5)7-11-12-8(9)13-7/h2-4H,1H3. The van der Waals surface area contributed by atoms with Crippen LogP contribution in [-0.2, 0) is 0 Å². The van der Waals surface area contributed by atoms with Gasteiger partial charge in [0, 0.05) is 28.3 Å². The molecule has 2 rings (SSSR count). The molecule has 0 N–H and O–H groups in total. The first-order chi connectivity index (χ1) is 6.25. The largest absolute Gasteiger partial charge is 0.411 e. The van der Waals surface area contributed by atoms with E-state index in [0.29, 0.717) is 10.7 Å². The van der Waals surface area contributed by atoms with Crippen molar-refractivity contribution in [3.63, 3.8) is 0 Å². The Kier molecular flexibility index (Phi) is 2.10. The summed E-state index contributed by atoms with van der Waals surface area (Å²) in [5, 5.41) is 7.52. The van der Waals surface area contributed by atoms with Crippen LogP contribution >= 0.6 is 15.9 Å². The second-order valence-electron chi connectivity index (χ2n) is 2.61. The van der Waals surface area contributed by atoms with Crippen LogP contribution in [0.4, 0.5) is 0 Å². The van der Waals surface area contributed by atoms with Gasteiger partial charge in [-0.2, -0.15) is 0 Å². The van der Waals surface area contributed by atoms with Gasteiger partial charge in [-0.25, -0.2) is 0 Å². The van der Waals surface area contributed by atoms with Crippen molar-refractivity contribution in [3.8, 4) is 11.5 Å². The predicted octanol–water partition coefficient (Wildman–Crippen LogP) is 2.20. The van der Waals surface area contributed by atoms with Gasteiger partial charge >= 0.3 is 0 Å². The highest BCUT2D eigenvalue weighted by Crippen LogP contribution is 2.19. The van der Waals surface area contributed by atoms with E-state index < -0.39 is 0 Å². The lowest BCUT2D eigenvalue weighted by molar-refractivity contribution is 0.540. The highest BCUT2D eigenvalue weighted by molar-refractivity contribution is 9.10. The molecule has 0 unspecified atom stereocenters. The minimum Gasteiger partial charge on any atom is -0.411 e. The first-order valence-corrected chi connectivity index (χ1v) is 4.46. The predicted molar refractivity (Wildman–Crippen MR) is 50.0 cm³/mol. The summed E-state index contributed by atoms with van der Waals surface area (Å²) in [6, 6.07) is 1.94. The Hall–Kier alpha value is -1.23. The highest BCUT2D eigenvalue weighted by atomic mass is 79.9. The molecular formula is C8H6BrN3O. The van der Waals surface area contributed by atoms with Crippen molar-refractivity contribution in [2.24, 2.45) is 0 Å². The lowest BCUT2D eigenvalue weighted by Crippen LogP contribution is -1.81. The smallest absolute Gasteiger partial charge is 0.285 e. The van der Waals surface area contributed by atoms with Crippen molar-refractivity contribution >= 4 is 15.9 Å². The average Bonchev–Trinajstić information content (AvgIpc) is 2.52. The number of halogens is 1. The third-order valence-electron chi connectivity index (χ3n) is 1.52. The zero-order chi connectivity index (χ0) is 9.26. The molecule has 0 amide bonds. The van der Waals surface area contributed by atoms with E-state index >= 15 is 0 Å². The Bertz CT molecular complexity index is 427. The monoisotopic (exact) mass is 239 g/mol. The van der Waals surface area contributed by atoms with Crippen molar-refractivity contribution in [1.29, 1.82) is 0 Å². The Labute approximate surface area is 83.1 Å². The number of aromatic nitrogens is 3. The normalized spacial score (nSPS) is 10.3. The van der Waals surface area contributed by atoms with Gasteiger partial charge in [0.25, 0.3) is 4.80 Å². The van der Waals surface area contributed by atoms with E-state index in [-0.39, 0.29) is 0 Å². The molecule has 0 aliphatic rings. The lowest BCUT2D eigenvalue weighted by Gasteiger charge is -1.94. The van der Waals surface area contributed by atoms with E-state index in [4.69, 9.17) is 4.42 Å². The minimum atomic E-state index is 0.379. The molecule has 0 saturated heterocycles. The fourth-order valence-electron chi connectivity index (χ4n) is 0.994. The van der Waals surface area contributed by atoms with Crippen LogP contribution in [0, 0.1) is 6.92 Å². The molecule has 0 aromatic carbocycles. The molecule has 2 aromatic heterocycles. The van der Waals surface area contributed by atoms with Crippen LogP contribution < -0.4 is 0 Å². The molecule has 0 fully saturated rings. The van der Waals surface area contributed by atoms with Gasteiger partial charge in [0.15, 0.2) is 0 Å². The zero-order valence-corrected chi connectivity index (χ0v) is 8.45. The quantitative estimate of drug-likeness (QED) is 0.766. The summed E-state index contributed by atoms with van der Waals surface area (Å²) < 4.78 is 5.18. The Morgan fingerprint density at radius 2 is 2.15 bits per heavy atom. The zero-order valence-electron chi connectivity index (χ0n) is 6.86. The van der Waals surface area contributed by atoms with E-state index in [1.165, 1.54) is 0 Å². The fourth-order valence-corrected chi connectivity index (χ4v) is 1.23. The minimum absolute atomic E-state index is 0.379. The first kappa shape index (κ1) is 8.37. The van der Waals surface area contributed by atoms with Crippen molar-refractivity contribution in [1.82, 2.24) is 15.2 Å². The number of rotatable bonds is 1. The topological polar surface area (TPSA) is 51.8 Å². The molecule has 66 valence electrons. The van der Waals surface area contributed by atoms with Gasteiger partial charge in [0.2, 0.25) is 5.89 Å². The van der Waals surface area contributed by atoms with Crippen molar-refractivity contribution in [2.75, 3.05) is 0 Å². The average molecular weight is 240 g/mol. The number of nitrogens with zero attached hydrogens (tertiary/aromatic N) is 3. The van der Waals surface area contributed by atoms with Gasteiger partial charge in [-0.05, 0) is 18.6 Å². The number of hydrogen-bond donors (Lipinski definition) is 0. The number of hydrogen-bond acceptors (Lipinski definition) is 4. The number of pyridine rings is 1. The maximum absolute atomic E-state index is 5.18. The maximum Gasteiger partial charge on any atom is 0.285 e. The van der Waals surface area contributed by atoms with Crippen LogP contribution in [0.5, 0.6) is 0 Å². The van der Waals surface area contributed by atoms with Gasteiger partial charge in [0.05, 0.1) is 5.56 Å². The van der Waals surface area contributed by atoms with Gasteiger partial charge in [0.1, 0.15) is 0 Å². The third kappa shape index (κ3) is 1.75. The van der Waals surface area contributed by atoms with Gasteiger partial charge in [-0.15, -0.1) is 10.2 Å². The molecule has 0 aliphatic heterocycles. The van der Waals surface area contributed by atoms with Crippen molar-refractivity contribution in [3.05, 3.63) is 28.8 Å². The van der Waals surface area contributed by atoms with Crippen LogP contribution in [0.25, 0.3) is 11.5 Å². The van der Waals surface area contributed by atoms with E-state index in [2.05, 4.69) is 31.1 Å². The van der Waals surface area contributed by atoms with E-state index in [9.17, 15) is 0 Å². The van der Waals surface area contributed by atoms with Crippen molar-refractivity contribution < 1.29 is 4.42 Å². The Morgan fingerprint density at radius 1 is 1.31 bits per heavy atom. The molecule has 0 atom stereocenters. The molecule has 2 heterocycles. The highest BCUT2D eigenvalue weighted by Gasteiger charge is 2.06. The number of aryl methyl sites for hydroxylation is 1. The summed E-state index contributed by atoms with van der Waals surface area (Å²) in [6.45, 7) is 1.96. The summed E-state index contributed by atoms with van der Waals surface area (Å²) in [5.41, 5.74) is 1.89. The third-order valence-corrected chi connectivity index (χ3v) is 1.84. The second kappa shape index (κ2) is 3.26. The summed E-state index contributed by atoms with van der Waals surface area (Å²) in [5.74, 6) is 0.475. The molecule has 4 nitrogen and oxygen atoms in total. The van der Waals surface area contributed by atoms with E-state index in [1.54, 1.807) is 12.4 Å². The fraction of sp³-hybridized carbons (Fsp3) is 0.125. The molecule has 0 spiro atoms. The van der Waals surface area contributed by atoms with Crippen LogP contribution in [-0.4, -0.2) is 15.2 Å². The van der Waals surface area contributed by atoms with Gasteiger partial charge in [-0.1, -0.05) is 0 Å². The van der Waals surface area contributed by atoms with Crippen LogP contribution in [0.15, 0.2) is 27.7 Å². The summed E-state index contributed by atoms with van der Waals surface area (Å²) in [7, 11) is 0. The van der Waals surface area contributed by atoms with Gasteiger partial charge in [-0.3, -0.25) is 4.98 Å². The van der Waals surface area contributed by atoms with E-state index in [0.717, 1.165) is 11.1 Å². The molecule has 2 aromatic rings. The molecule has 0 aliphatic carbocycles. The first-order valence-electron chi connectivity index (χ1n) is 3.67. The van der Waals surface area contributed by atoms with Crippen LogP contribution in [0.2, 0.25) is 0 Å². The molecular weight excluding hydrogens is 234 g/mol. The Balaban J connectivity index is 2.46. The molecule has 0 saturated carbocycles. The summed E-state index contributed by atoms with van der Waals surface area (Å²) in [6.07, 6.45) is 3.46. The molecule has 5 heteroatoms. The summed E-state index contributed by atoms with van der Waals surface area (Å²) >= 11 is 3.09. The maximum atomic E-state index is 5.18. The molecule has 0 bridgehead atoms. The lowest BCUT2D eigenvalue weighted by atomic mass is 10.2. The summed E-state index contributed by atoms with van der Waals surface area (Å²) in [4.78, 5) is 4.41. The molecule has 13 heavy (non-hydrogen) atoms. The van der Waals surface area contributed by atoms with Gasteiger partial charge < -0.3 is 4.42 Å².